The molecule has 4 nitrogen and oxygen atoms in total. The van der Waals surface area contributed by atoms with Gasteiger partial charge in [0.25, 0.3) is 0 Å². The topological polar surface area (TPSA) is 39.7 Å². The Balaban J connectivity index is 1.65. The normalized spacial score (nSPS) is 17.0. The summed E-state index contributed by atoms with van der Waals surface area (Å²) < 4.78 is 0. The summed E-state index contributed by atoms with van der Waals surface area (Å²) in [5.41, 5.74) is 0. The van der Waals surface area contributed by atoms with E-state index in [2.05, 4.69) is 46.6 Å². The van der Waals surface area contributed by atoms with Gasteiger partial charge in [-0.3, -0.25) is 4.99 Å². The van der Waals surface area contributed by atoms with Crippen LogP contribution in [0.1, 0.15) is 41.9 Å². The zero-order valence-electron chi connectivity index (χ0n) is 14.2. The van der Waals surface area contributed by atoms with E-state index in [-0.39, 0.29) is 0 Å². The van der Waals surface area contributed by atoms with Crippen LogP contribution in [-0.4, -0.2) is 44.1 Å². The highest BCUT2D eigenvalue weighted by Crippen LogP contribution is 2.21. The first-order valence-electron chi connectivity index (χ1n) is 8.39. The molecule has 0 radical (unpaired) electrons. The molecule has 1 aliphatic carbocycles. The van der Waals surface area contributed by atoms with Crippen molar-refractivity contribution in [1.29, 1.82) is 0 Å². The van der Waals surface area contributed by atoms with Crippen LogP contribution in [0, 0.1) is 6.92 Å². The second-order valence-corrected chi connectivity index (χ2v) is 7.51. The monoisotopic (exact) mass is 322 g/mol. The van der Waals surface area contributed by atoms with E-state index in [0.717, 1.165) is 31.6 Å². The summed E-state index contributed by atoms with van der Waals surface area (Å²) in [4.78, 5) is 9.50. The predicted octanol–water partition coefficient (Wildman–Crippen LogP) is 2.99. The zero-order valence-corrected chi connectivity index (χ0v) is 15.0. The van der Waals surface area contributed by atoms with Crippen LogP contribution in [0.3, 0.4) is 0 Å². The molecule has 1 aromatic rings. The molecular weight excluding hydrogens is 292 g/mol. The molecule has 1 heterocycles. The average Bonchev–Trinajstić information content (AvgIpc) is 2.96. The molecule has 0 unspecified atom stereocenters. The molecule has 5 heteroatoms. The maximum absolute atomic E-state index is 4.30. The molecule has 0 aromatic carbocycles. The van der Waals surface area contributed by atoms with Crippen molar-refractivity contribution in [3.05, 3.63) is 21.9 Å². The number of hydrogen-bond donors (Lipinski definition) is 2. The minimum atomic E-state index is 0.777. The maximum atomic E-state index is 4.30. The highest BCUT2D eigenvalue weighted by Gasteiger charge is 2.17. The minimum absolute atomic E-state index is 0.777. The van der Waals surface area contributed by atoms with Gasteiger partial charge in [-0.1, -0.05) is 19.3 Å². The average molecular weight is 323 g/mol. The molecule has 1 saturated carbocycles. The Morgan fingerprint density at radius 3 is 2.68 bits per heavy atom. The molecule has 124 valence electrons. The molecule has 0 amide bonds. The van der Waals surface area contributed by atoms with Crippen molar-refractivity contribution >= 4 is 17.3 Å². The van der Waals surface area contributed by atoms with E-state index in [1.807, 2.05) is 18.4 Å². The first-order chi connectivity index (χ1) is 10.7. The van der Waals surface area contributed by atoms with Gasteiger partial charge in [0.15, 0.2) is 5.96 Å². The summed E-state index contributed by atoms with van der Waals surface area (Å²) in [6.07, 6.45) is 6.93. The van der Waals surface area contributed by atoms with Gasteiger partial charge in [0, 0.05) is 35.9 Å². The second kappa shape index (κ2) is 9.16. The Hall–Kier alpha value is -1.07. The molecule has 22 heavy (non-hydrogen) atoms. The lowest BCUT2D eigenvalue weighted by Crippen LogP contribution is -2.43. The lowest BCUT2D eigenvalue weighted by atomic mass is 9.94. The number of aryl methyl sites for hydroxylation is 1. The Morgan fingerprint density at radius 2 is 2.05 bits per heavy atom. The van der Waals surface area contributed by atoms with Crippen molar-refractivity contribution < 1.29 is 0 Å². The Bertz CT molecular complexity index is 463. The highest BCUT2D eigenvalue weighted by atomic mass is 32.1. The molecule has 1 aliphatic rings. The molecular formula is C17H30N4S. The largest absolute Gasteiger partial charge is 0.355 e. The summed E-state index contributed by atoms with van der Waals surface area (Å²) >= 11 is 1.83. The number of nitrogens with one attached hydrogen (secondary N) is 2. The number of likely N-dealkylation sites (N-methyl/N-ethyl adjacent to an activating group) is 1. The van der Waals surface area contributed by atoms with Gasteiger partial charge in [-0.25, -0.2) is 0 Å². The molecule has 2 N–H and O–H groups in total. The van der Waals surface area contributed by atoms with Gasteiger partial charge in [0.05, 0.1) is 6.54 Å². The Kier molecular flexibility index (Phi) is 7.19. The van der Waals surface area contributed by atoms with Gasteiger partial charge in [0.1, 0.15) is 0 Å². The molecule has 1 fully saturated rings. The van der Waals surface area contributed by atoms with Crippen molar-refractivity contribution in [2.75, 3.05) is 27.2 Å². The molecule has 0 atom stereocenters. The van der Waals surface area contributed by atoms with Crippen LogP contribution < -0.4 is 10.6 Å². The summed E-state index contributed by atoms with van der Waals surface area (Å²) in [6.45, 7) is 5.00. The first-order valence-corrected chi connectivity index (χ1v) is 9.21. The van der Waals surface area contributed by atoms with E-state index in [0.29, 0.717) is 0 Å². The minimum Gasteiger partial charge on any atom is -0.355 e. The third-order valence-corrected chi connectivity index (χ3v) is 5.41. The summed E-state index contributed by atoms with van der Waals surface area (Å²) in [6, 6.07) is 5.12. The standard InChI is InChI=1S/C17H30N4S/c1-14-9-10-16(22-14)13-20-17(18-2)19-11-12-21(3)15-7-5-4-6-8-15/h9-10,15H,4-8,11-13H2,1-3H3,(H2,18,19,20). The van der Waals surface area contributed by atoms with E-state index in [1.165, 1.54) is 41.9 Å². The Labute approximate surface area is 139 Å². The SMILES string of the molecule is CN=C(NCCN(C)C1CCCCC1)NCc1ccc(C)s1. The number of rotatable bonds is 6. The fourth-order valence-corrected chi connectivity index (χ4v) is 3.86. The molecule has 1 aromatic heterocycles. The molecule has 0 spiro atoms. The van der Waals surface area contributed by atoms with Crippen LogP contribution in [0.4, 0.5) is 0 Å². The number of thiophene rings is 1. The van der Waals surface area contributed by atoms with Crippen LogP contribution in [0.5, 0.6) is 0 Å². The first kappa shape index (κ1) is 17.3. The van der Waals surface area contributed by atoms with E-state index in [9.17, 15) is 0 Å². The van der Waals surface area contributed by atoms with E-state index in [4.69, 9.17) is 0 Å². The van der Waals surface area contributed by atoms with Crippen LogP contribution in [-0.2, 0) is 6.54 Å². The third-order valence-electron chi connectivity index (χ3n) is 4.40. The second-order valence-electron chi connectivity index (χ2n) is 6.14. The zero-order chi connectivity index (χ0) is 15.8. The Morgan fingerprint density at radius 1 is 1.27 bits per heavy atom. The lowest BCUT2D eigenvalue weighted by Gasteiger charge is -2.31. The molecule has 0 bridgehead atoms. The van der Waals surface area contributed by atoms with E-state index in [1.54, 1.807) is 0 Å². The van der Waals surface area contributed by atoms with Crippen molar-refractivity contribution in [2.45, 2.75) is 51.6 Å². The third kappa shape index (κ3) is 5.61. The summed E-state index contributed by atoms with van der Waals surface area (Å²) in [5.74, 6) is 0.892. The quantitative estimate of drug-likeness (QED) is 0.625. The number of hydrogen-bond acceptors (Lipinski definition) is 3. The summed E-state index contributed by atoms with van der Waals surface area (Å²) in [5, 5.41) is 6.80. The van der Waals surface area contributed by atoms with Crippen LogP contribution in [0.25, 0.3) is 0 Å². The van der Waals surface area contributed by atoms with E-state index >= 15 is 0 Å². The van der Waals surface area contributed by atoms with Gasteiger partial charge in [-0.2, -0.15) is 0 Å². The summed E-state index contributed by atoms with van der Waals surface area (Å²) in [7, 11) is 4.09. The van der Waals surface area contributed by atoms with Crippen molar-refractivity contribution in [2.24, 2.45) is 4.99 Å². The van der Waals surface area contributed by atoms with Gasteiger partial charge in [-0.05, 0) is 38.9 Å². The lowest BCUT2D eigenvalue weighted by molar-refractivity contribution is 0.194. The van der Waals surface area contributed by atoms with Crippen LogP contribution in [0.15, 0.2) is 17.1 Å². The van der Waals surface area contributed by atoms with Gasteiger partial charge in [-0.15, -0.1) is 11.3 Å². The number of guanidine groups is 1. The van der Waals surface area contributed by atoms with Gasteiger partial charge < -0.3 is 15.5 Å². The number of aliphatic imine (C=N–C) groups is 1. The molecule has 0 aliphatic heterocycles. The van der Waals surface area contributed by atoms with Crippen molar-refractivity contribution in [1.82, 2.24) is 15.5 Å². The maximum Gasteiger partial charge on any atom is 0.191 e. The highest BCUT2D eigenvalue weighted by molar-refractivity contribution is 7.11. The van der Waals surface area contributed by atoms with Crippen LogP contribution in [0.2, 0.25) is 0 Å². The van der Waals surface area contributed by atoms with Crippen molar-refractivity contribution in [3.63, 3.8) is 0 Å². The fourth-order valence-electron chi connectivity index (χ4n) is 3.03. The van der Waals surface area contributed by atoms with Crippen molar-refractivity contribution in [3.8, 4) is 0 Å². The van der Waals surface area contributed by atoms with E-state index < -0.39 is 0 Å². The van der Waals surface area contributed by atoms with Gasteiger partial charge in [0.2, 0.25) is 0 Å². The molecule has 2 rings (SSSR count). The van der Waals surface area contributed by atoms with Crippen LogP contribution >= 0.6 is 11.3 Å². The smallest absolute Gasteiger partial charge is 0.191 e. The predicted molar refractivity (Wildman–Crippen MR) is 96.8 cm³/mol. The molecule has 0 saturated heterocycles. The fraction of sp³-hybridized carbons (Fsp3) is 0.706. The van der Waals surface area contributed by atoms with Gasteiger partial charge >= 0.3 is 0 Å². The number of nitrogens with zero attached hydrogens (tertiary/aromatic N) is 2.